The number of carbonyl (C=O) groups excluding carboxylic acids is 7. The van der Waals surface area contributed by atoms with Gasteiger partial charge in [-0.3, -0.25) is 38.5 Å². The molecule has 0 radical (unpaired) electrons. The second kappa shape index (κ2) is 24.0. The average molecular weight is 889 g/mol. The van der Waals surface area contributed by atoms with E-state index < -0.39 is 87.9 Å². The van der Waals surface area contributed by atoms with Crippen molar-refractivity contribution in [2.24, 2.45) is 17.8 Å². The largest absolute Gasteiger partial charge is 0.344 e. The van der Waals surface area contributed by atoms with Crippen molar-refractivity contribution in [2.75, 3.05) is 6.54 Å². The van der Waals surface area contributed by atoms with E-state index in [9.17, 15) is 42.0 Å². The maximum Gasteiger partial charge on any atom is 0.290 e. The second-order valence-corrected chi connectivity index (χ2v) is 18.0. The normalized spacial score (nSPS) is 15.4. The first-order valence-corrected chi connectivity index (χ1v) is 23.0. The molecule has 3 aromatic rings. The quantitative estimate of drug-likeness (QED) is 0.0799. The number of sulfonamides is 1. The number of nitrogens with zero attached hydrogens (tertiary/aromatic N) is 2. The van der Waals surface area contributed by atoms with Gasteiger partial charge in [-0.05, 0) is 60.3 Å². The van der Waals surface area contributed by atoms with E-state index in [1.54, 1.807) is 26.0 Å². The summed E-state index contributed by atoms with van der Waals surface area (Å²) in [6, 6.07) is 10.5. The highest BCUT2D eigenvalue weighted by Crippen LogP contribution is 2.28. The smallest absolute Gasteiger partial charge is 0.290 e. The average Bonchev–Trinajstić information content (AvgIpc) is 3.28. The summed E-state index contributed by atoms with van der Waals surface area (Å²) >= 11 is 0. The lowest BCUT2D eigenvalue weighted by Crippen LogP contribution is -2.60. The summed E-state index contributed by atoms with van der Waals surface area (Å²) in [6.45, 7) is 8.12. The van der Waals surface area contributed by atoms with Crippen LogP contribution in [0.4, 0.5) is 0 Å². The van der Waals surface area contributed by atoms with Gasteiger partial charge in [-0.15, -0.1) is 0 Å². The first kappa shape index (κ1) is 49.6. The monoisotopic (exact) mass is 888 g/mol. The third-order valence-corrected chi connectivity index (χ3v) is 12.4. The molecule has 2 unspecified atom stereocenters. The lowest BCUT2D eigenvalue weighted by molar-refractivity contribution is -0.141. The van der Waals surface area contributed by atoms with Crippen molar-refractivity contribution in [1.82, 2.24) is 41.3 Å². The van der Waals surface area contributed by atoms with Crippen LogP contribution in [-0.2, 0) is 38.8 Å². The van der Waals surface area contributed by atoms with Gasteiger partial charge < -0.3 is 26.6 Å². The summed E-state index contributed by atoms with van der Waals surface area (Å²) < 4.78 is 27.7. The zero-order valence-corrected chi connectivity index (χ0v) is 37.3. The van der Waals surface area contributed by atoms with Gasteiger partial charge >= 0.3 is 0 Å². The van der Waals surface area contributed by atoms with Crippen LogP contribution in [0.25, 0.3) is 11.1 Å². The molecule has 1 saturated carbocycles. The van der Waals surface area contributed by atoms with Crippen LogP contribution in [0.1, 0.15) is 103 Å². The molecule has 63 heavy (non-hydrogen) atoms. The van der Waals surface area contributed by atoms with E-state index in [-0.39, 0.29) is 41.7 Å². The van der Waals surface area contributed by atoms with Crippen LogP contribution in [0.3, 0.4) is 0 Å². The first-order chi connectivity index (χ1) is 30.0. The lowest BCUT2D eigenvalue weighted by Gasteiger charge is -2.31. The van der Waals surface area contributed by atoms with Crippen LogP contribution in [0.2, 0.25) is 0 Å². The first-order valence-electron chi connectivity index (χ1n) is 21.5. The number of hydrogen-bond acceptors (Lipinski definition) is 11. The Bertz CT molecular complexity index is 2150. The Morgan fingerprint density at radius 2 is 1.35 bits per heavy atom. The molecule has 2 aromatic carbocycles. The molecule has 1 fully saturated rings. The molecule has 1 heterocycles. The molecule has 1 aliphatic rings. The van der Waals surface area contributed by atoms with Gasteiger partial charge in [-0.2, -0.15) is 0 Å². The summed E-state index contributed by atoms with van der Waals surface area (Å²) in [4.78, 5) is 102. The summed E-state index contributed by atoms with van der Waals surface area (Å²) in [5, 5.41) is 13.1. The fourth-order valence-electron chi connectivity index (χ4n) is 7.29. The third-order valence-electron chi connectivity index (χ3n) is 11.0. The van der Waals surface area contributed by atoms with Crippen molar-refractivity contribution in [2.45, 2.75) is 121 Å². The van der Waals surface area contributed by atoms with Crippen LogP contribution in [-0.4, -0.2) is 90.3 Å². The highest BCUT2D eigenvalue weighted by atomic mass is 32.2. The van der Waals surface area contributed by atoms with Crippen molar-refractivity contribution in [3.63, 3.8) is 0 Å². The van der Waals surface area contributed by atoms with E-state index in [1.807, 2.05) is 55.8 Å². The maximum atomic E-state index is 14.1. The molecule has 0 saturated heterocycles. The standard InChI is InChI=1S/C45H60N8O9S/c1-6-29(5)39(52-42(57)35(24-28(3)4)50-43(58)37-26-46-22-23-47-37)44(59)51-36(25-30-14-10-8-11-15-30)41(56)49-34(7-2)40(55)45(60)48-27-38(54)53-63(61,62)33-20-18-32(19-21-33)31-16-12-9-13-17-31/h9,12-13,16-23,26,28-30,34-36,39H,6-8,10-11,14-15,24-25,27H2,1-5H3,(H,48,60)(H,49,56)(H,50,58)(H,51,59)(H,52,57)(H,53,54)/t29?,34-,35-,36-,39?/m0/s1. The highest BCUT2D eigenvalue weighted by Gasteiger charge is 2.36. The van der Waals surface area contributed by atoms with E-state index in [0.29, 0.717) is 6.42 Å². The minimum atomic E-state index is -4.31. The molecule has 17 nitrogen and oxygen atoms in total. The van der Waals surface area contributed by atoms with E-state index >= 15 is 0 Å². The third kappa shape index (κ3) is 15.1. The van der Waals surface area contributed by atoms with Gasteiger partial charge in [0, 0.05) is 12.4 Å². The highest BCUT2D eigenvalue weighted by molar-refractivity contribution is 7.90. The van der Waals surface area contributed by atoms with Crippen molar-refractivity contribution in [3.05, 3.63) is 78.9 Å². The summed E-state index contributed by atoms with van der Waals surface area (Å²) in [7, 11) is -4.31. The Morgan fingerprint density at radius 3 is 1.95 bits per heavy atom. The van der Waals surface area contributed by atoms with Gasteiger partial charge in [0.15, 0.2) is 0 Å². The number of amides is 6. The number of hydrogen-bond donors (Lipinski definition) is 6. The number of aromatic nitrogens is 2. The molecule has 0 aliphatic heterocycles. The van der Waals surface area contributed by atoms with Gasteiger partial charge in [-0.25, -0.2) is 18.1 Å². The predicted octanol–water partition coefficient (Wildman–Crippen LogP) is 3.36. The van der Waals surface area contributed by atoms with Crippen LogP contribution < -0.4 is 31.3 Å². The number of Topliss-reactive ketones (excluding diaryl/α,β-unsaturated/α-hetero) is 1. The van der Waals surface area contributed by atoms with Crippen LogP contribution in [0.5, 0.6) is 0 Å². The molecule has 1 aliphatic carbocycles. The summed E-state index contributed by atoms with van der Waals surface area (Å²) in [6.07, 6.45) is 9.58. The Balaban J connectivity index is 1.41. The van der Waals surface area contributed by atoms with Crippen molar-refractivity contribution in [3.8, 4) is 11.1 Å². The molecule has 5 atom stereocenters. The molecule has 4 rings (SSSR count). The minimum absolute atomic E-state index is 0.0128. The minimum Gasteiger partial charge on any atom is -0.344 e. The van der Waals surface area contributed by atoms with Crippen LogP contribution in [0, 0.1) is 17.8 Å². The fourth-order valence-corrected chi connectivity index (χ4v) is 8.27. The van der Waals surface area contributed by atoms with Gasteiger partial charge in [0.2, 0.25) is 23.5 Å². The van der Waals surface area contributed by atoms with E-state index in [0.717, 1.165) is 43.2 Å². The fraction of sp³-hybridized carbons (Fsp3) is 0.489. The van der Waals surface area contributed by atoms with Crippen molar-refractivity contribution >= 4 is 51.2 Å². The predicted molar refractivity (Wildman–Crippen MR) is 235 cm³/mol. The van der Waals surface area contributed by atoms with Crippen molar-refractivity contribution in [1.29, 1.82) is 0 Å². The Morgan fingerprint density at radius 1 is 0.714 bits per heavy atom. The van der Waals surface area contributed by atoms with Crippen molar-refractivity contribution < 1.29 is 42.0 Å². The van der Waals surface area contributed by atoms with Gasteiger partial charge in [0.1, 0.15) is 23.8 Å². The van der Waals surface area contributed by atoms with Crippen LogP contribution >= 0.6 is 0 Å². The Labute approximate surface area is 369 Å². The van der Waals surface area contributed by atoms with Gasteiger partial charge in [0.25, 0.3) is 27.7 Å². The number of benzene rings is 2. The number of ketones is 1. The Hall–Kier alpha value is -6.04. The summed E-state index contributed by atoms with van der Waals surface area (Å²) in [5.41, 5.74) is 1.66. The molecule has 0 spiro atoms. The molecular weight excluding hydrogens is 829 g/mol. The maximum absolute atomic E-state index is 14.1. The summed E-state index contributed by atoms with van der Waals surface area (Å²) in [5.74, 6) is -6.29. The zero-order chi connectivity index (χ0) is 46.1. The van der Waals surface area contributed by atoms with Gasteiger partial charge in [0.05, 0.1) is 23.7 Å². The molecule has 6 amide bonds. The topological polar surface area (TPSA) is 252 Å². The SMILES string of the molecule is CCC(C)C(NC(=O)[C@H](CC(C)C)NC(=O)c1cnccn1)C(=O)N[C@@H](CC1CCCCC1)C(=O)N[C@@H](CC)C(=O)C(=O)NCC(=O)NS(=O)(=O)c1ccc(-c2ccccc2)cc1. The van der Waals surface area contributed by atoms with E-state index in [2.05, 4.69) is 36.6 Å². The molecule has 18 heteroatoms. The molecule has 340 valence electrons. The molecule has 1 aromatic heterocycles. The lowest BCUT2D eigenvalue weighted by atomic mass is 9.84. The number of carbonyl (C=O) groups is 7. The van der Waals surface area contributed by atoms with Crippen LogP contribution in [0.15, 0.2) is 78.1 Å². The number of rotatable bonds is 22. The number of nitrogens with one attached hydrogen (secondary N) is 6. The molecular formula is C45H60N8O9S. The Kier molecular flexibility index (Phi) is 18.9. The molecule has 6 N–H and O–H groups in total. The van der Waals surface area contributed by atoms with Gasteiger partial charge in [-0.1, -0.05) is 116 Å². The molecule has 0 bridgehead atoms. The zero-order valence-electron chi connectivity index (χ0n) is 36.5. The van der Waals surface area contributed by atoms with E-state index in [1.165, 1.54) is 30.7 Å². The second-order valence-electron chi connectivity index (χ2n) is 16.4. The van der Waals surface area contributed by atoms with E-state index in [4.69, 9.17) is 0 Å².